The van der Waals surface area contributed by atoms with Gasteiger partial charge in [-0.2, -0.15) is 0 Å². The zero-order valence-electron chi connectivity index (χ0n) is 10.2. The van der Waals surface area contributed by atoms with Crippen molar-refractivity contribution in [3.05, 3.63) is 60.2 Å². The summed E-state index contributed by atoms with van der Waals surface area (Å²) < 4.78 is 5.94. The molecule has 0 aliphatic carbocycles. The molecule has 90 valence electrons. The van der Waals surface area contributed by atoms with Crippen molar-refractivity contribution in [3.8, 4) is 11.5 Å². The van der Waals surface area contributed by atoms with Gasteiger partial charge in [0.25, 0.3) is 0 Å². The van der Waals surface area contributed by atoms with Gasteiger partial charge in [0.15, 0.2) is 0 Å². The molecule has 2 aromatic carbocycles. The van der Waals surface area contributed by atoms with Crippen molar-refractivity contribution in [1.82, 2.24) is 0 Å². The van der Waals surface area contributed by atoms with E-state index in [-0.39, 0.29) is 0 Å². The molecule has 2 aromatic rings. The fraction of sp³-hybridized carbons (Fsp3) is 0.188. The number of ether oxygens (including phenoxy) is 1. The van der Waals surface area contributed by atoms with Crippen LogP contribution >= 0.6 is 0 Å². The first-order valence-electron chi connectivity index (χ1n) is 6.29. The zero-order valence-corrected chi connectivity index (χ0v) is 10.2. The Kier molecular flexibility index (Phi) is 3.09. The summed E-state index contributed by atoms with van der Waals surface area (Å²) in [5.41, 5.74) is 2.29. The van der Waals surface area contributed by atoms with Crippen LogP contribution in [0.1, 0.15) is 18.4 Å². The lowest BCUT2D eigenvalue weighted by atomic mass is 10.1. The van der Waals surface area contributed by atoms with Gasteiger partial charge in [-0.25, -0.2) is 0 Å². The summed E-state index contributed by atoms with van der Waals surface area (Å²) in [6, 6.07) is 18.0. The average molecular weight is 237 g/mol. The molecule has 0 radical (unpaired) electrons. The Morgan fingerprint density at radius 3 is 2.44 bits per heavy atom. The van der Waals surface area contributed by atoms with Crippen LogP contribution in [0.15, 0.2) is 59.6 Å². The lowest BCUT2D eigenvalue weighted by Gasteiger charge is -2.10. The van der Waals surface area contributed by atoms with Crippen molar-refractivity contribution in [1.29, 1.82) is 0 Å². The van der Waals surface area contributed by atoms with Gasteiger partial charge < -0.3 is 4.74 Å². The monoisotopic (exact) mass is 237 g/mol. The SMILES string of the molecule is c1ccc(Oc2ccccc2C2=NCCC2)cc1. The highest BCUT2D eigenvalue weighted by molar-refractivity contribution is 6.03. The van der Waals surface area contributed by atoms with Gasteiger partial charge in [-0.15, -0.1) is 0 Å². The molecule has 0 bridgehead atoms. The van der Waals surface area contributed by atoms with Gasteiger partial charge in [0.05, 0.1) is 0 Å². The van der Waals surface area contributed by atoms with E-state index in [1.54, 1.807) is 0 Å². The third kappa shape index (κ3) is 2.28. The van der Waals surface area contributed by atoms with Crippen molar-refractivity contribution in [2.45, 2.75) is 12.8 Å². The van der Waals surface area contributed by atoms with E-state index in [2.05, 4.69) is 11.1 Å². The smallest absolute Gasteiger partial charge is 0.136 e. The molecule has 3 rings (SSSR count). The fourth-order valence-electron chi connectivity index (χ4n) is 2.17. The minimum Gasteiger partial charge on any atom is -0.457 e. The molecule has 0 amide bonds. The highest BCUT2D eigenvalue weighted by Crippen LogP contribution is 2.27. The summed E-state index contributed by atoms with van der Waals surface area (Å²) in [7, 11) is 0. The Bertz CT molecular complexity index is 560. The Morgan fingerprint density at radius 1 is 0.889 bits per heavy atom. The van der Waals surface area contributed by atoms with Crippen LogP contribution in [0, 0.1) is 0 Å². The van der Waals surface area contributed by atoms with Crippen molar-refractivity contribution in [2.24, 2.45) is 4.99 Å². The molecule has 1 heterocycles. The van der Waals surface area contributed by atoms with Gasteiger partial charge in [-0.3, -0.25) is 4.99 Å². The maximum atomic E-state index is 5.94. The number of rotatable bonds is 3. The fourth-order valence-corrected chi connectivity index (χ4v) is 2.17. The van der Waals surface area contributed by atoms with Gasteiger partial charge in [-0.1, -0.05) is 30.3 Å². The number of benzene rings is 2. The Labute approximate surface area is 107 Å². The molecule has 0 fully saturated rings. The minimum absolute atomic E-state index is 0.864. The predicted octanol–water partition coefficient (Wildman–Crippen LogP) is 4.06. The van der Waals surface area contributed by atoms with E-state index >= 15 is 0 Å². The third-order valence-electron chi connectivity index (χ3n) is 3.04. The molecule has 0 spiro atoms. The number of hydrogen-bond acceptors (Lipinski definition) is 2. The van der Waals surface area contributed by atoms with Crippen molar-refractivity contribution < 1.29 is 4.74 Å². The summed E-state index contributed by atoms with van der Waals surface area (Å²) in [6.07, 6.45) is 2.20. The van der Waals surface area contributed by atoms with Crippen LogP contribution in [-0.4, -0.2) is 12.3 Å². The topological polar surface area (TPSA) is 21.6 Å². The van der Waals surface area contributed by atoms with Gasteiger partial charge in [0.2, 0.25) is 0 Å². The van der Waals surface area contributed by atoms with Crippen molar-refractivity contribution in [2.75, 3.05) is 6.54 Å². The molecule has 0 saturated heterocycles. The lowest BCUT2D eigenvalue weighted by Crippen LogP contribution is -1.99. The summed E-state index contributed by atoms with van der Waals surface area (Å²) >= 11 is 0. The Morgan fingerprint density at radius 2 is 1.67 bits per heavy atom. The normalized spacial score (nSPS) is 14.3. The van der Waals surface area contributed by atoms with Crippen LogP contribution in [0.5, 0.6) is 11.5 Å². The molecule has 0 N–H and O–H groups in total. The van der Waals surface area contributed by atoms with Gasteiger partial charge in [0, 0.05) is 17.8 Å². The molecular formula is C16H15NO. The number of hydrogen-bond donors (Lipinski definition) is 0. The summed E-state index contributed by atoms with van der Waals surface area (Å²) in [5.74, 6) is 1.76. The molecule has 2 nitrogen and oxygen atoms in total. The first kappa shape index (κ1) is 11.0. The van der Waals surface area contributed by atoms with E-state index in [0.717, 1.165) is 36.4 Å². The Hall–Kier alpha value is -2.09. The van der Waals surface area contributed by atoms with E-state index in [1.807, 2.05) is 48.5 Å². The second-order valence-corrected chi connectivity index (χ2v) is 4.34. The first-order chi connectivity index (χ1) is 8.93. The highest BCUT2D eigenvalue weighted by Gasteiger charge is 2.13. The highest BCUT2D eigenvalue weighted by atomic mass is 16.5. The van der Waals surface area contributed by atoms with Crippen LogP contribution in [0.3, 0.4) is 0 Å². The molecular weight excluding hydrogens is 222 g/mol. The summed E-state index contributed by atoms with van der Waals surface area (Å²) in [4.78, 5) is 4.54. The molecule has 18 heavy (non-hydrogen) atoms. The number of aliphatic imine (C=N–C) groups is 1. The second kappa shape index (κ2) is 5.05. The molecule has 0 atom stereocenters. The first-order valence-corrected chi connectivity index (χ1v) is 6.29. The Balaban J connectivity index is 1.92. The molecule has 0 unspecified atom stereocenters. The van der Waals surface area contributed by atoms with E-state index in [1.165, 1.54) is 5.71 Å². The quantitative estimate of drug-likeness (QED) is 0.788. The van der Waals surface area contributed by atoms with E-state index in [9.17, 15) is 0 Å². The van der Waals surface area contributed by atoms with Gasteiger partial charge in [0.1, 0.15) is 11.5 Å². The maximum absolute atomic E-state index is 5.94. The zero-order chi connectivity index (χ0) is 12.2. The van der Waals surface area contributed by atoms with Gasteiger partial charge in [-0.05, 0) is 37.1 Å². The van der Waals surface area contributed by atoms with Crippen LogP contribution in [-0.2, 0) is 0 Å². The standard InChI is InChI=1S/C16H15NO/c1-2-7-13(8-3-1)18-16-11-5-4-9-14(16)15-10-6-12-17-15/h1-5,7-9,11H,6,10,12H2. The molecule has 0 aromatic heterocycles. The lowest BCUT2D eigenvalue weighted by molar-refractivity contribution is 0.481. The molecule has 1 aliphatic heterocycles. The number of para-hydroxylation sites is 2. The molecule has 2 heteroatoms. The minimum atomic E-state index is 0.864. The number of nitrogens with zero attached hydrogens (tertiary/aromatic N) is 1. The van der Waals surface area contributed by atoms with E-state index in [0.29, 0.717) is 0 Å². The second-order valence-electron chi connectivity index (χ2n) is 4.34. The molecule has 1 aliphatic rings. The molecule has 0 saturated carbocycles. The average Bonchev–Trinajstić information content (AvgIpc) is 2.94. The third-order valence-corrected chi connectivity index (χ3v) is 3.04. The van der Waals surface area contributed by atoms with Crippen LogP contribution in [0.2, 0.25) is 0 Å². The van der Waals surface area contributed by atoms with Crippen LogP contribution in [0.25, 0.3) is 0 Å². The van der Waals surface area contributed by atoms with Crippen LogP contribution < -0.4 is 4.74 Å². The van der Waals surface area contributed by atoms with Crippen LogP contribution in [0.4, 0.5) is 0 Å². The summed E-state index contributed by atoms with van der Waals surface area (Å²) in [6.45, 7) is 0.939. The predicted molar refractivity (Wildman–Crippen MR) is 73.6 cm³/mol. The van der Waals surface area contributed by atoms with E-state index in [4.69, 9.17) is 4.74 Å². The maximum Gasteiger partial charge on any atom is 0.136 e. The summed E-state index contributed by atoms with van der Waals surface area (Å²) in [5, 5.41) is 0. The van der Waals surface area contributed by atoms with Crippen molar-refractivity contribution in [3.63, 3.8) is 0 Å². The van der Waals surface area contributed by atoms with Gasteiger partial charge >= 0.3 is 0 Å². The largest absolute Gasteiger partial charge is 0.457 e. The van der Waals surface area contributed by atoms with Crippen molar-refractivity contribution >= 4 is 5.71 Å². The van der Waals surface area contributed by atoms with E-state index < -0.39 is 0 Å².